The van der Waals surface area contributed by atoms with Gasteiger partial charge in [0.25, 0.3) is 17.7 Å². The molecule has 5 amide bonds. The number of carbonyl (C=O) groups excluding carboxylic acids is 5. The van der Waals surface area contributed by atoms with E-state index in [-0.39, 0.29) is 29.7 Å². The summed E-state index contributed by atoms with van der Waals surface area (Å²) in [7, 11) is 0. The highest BCUT2D eigenvalue weighted by molar-refractivity contribution is 6.25. The second kappa shape index (κ2) is 11.9. The summed E-state index contributed by atoms with van der Waals surface area (Å²) in [5, 5.41) is 5.53. The van der Waals surface area contributed by atoms with E-state index in [0.717, 1.165) is 54.4 Å². The minimum atomic E-state index is -1.00. The number of rotatable bonds is 8. The molecule has 2 aromatic carbocycles. The van der Waals surface area contributed by atoms with Crippen molar-refractivity contribution in [3.8, 4) is 0 Å². The van der Waals surface area contributed by atoms with Gasteiger partial charge in [-0.25, -0.2) is 0 Å². The molecule has 1 aromatic heterocycles. The van der Waals surface area contributed by atoms with Crippen LogP contribution in [-0.4, -0.2) is 76.5 Å². The smallest absolute Gasteiger partial charge is 0.267 e. The van der Waals surface area contributed by atoms with E-state index in [1.54, 1.807) is 30.5 Å². The highest BCUT2D eigenvalue weighted by Gasteiger charge is 2.45. The van der Waals surface area contributed by atoms with Crippen molar-refractivity contribution in [2.45, 2.75) is 38.9 Å². The van der Waals surface area contributed by atoms with Crippen LogP contribution in [0, 0.1) is 6.92 Å². The minimum Gasteiger partial charge on any atom is -0.380 e. The Morgan fingerprint density at radius 2 is 1.82 bits per heavy atom. The fourth-order valence-electron chi connectivity index (χ4n) is 6.06. The third-order valence-electron chi connectivity index (χ3n) is 8.49. The number of anilines is 2. The van der Waals surface area contributed by atoms with E-state index in [1.807, 2.05) is 6.07 Å². The average Bonchev–Trinajstić information content (AvgIpc) is 3.27. The number of carbonyl (C=O) groups is 5. The lowest BCUT2D eigenvalue weighted by Gasteiger charge is -2.36. The van der Waals surface area contributed by atoms with Crippen LogP contribution < -0.4 is 21.3 Å². The van der Waals surface area contributed by atoms with Gasteiger partial charge in [-0.1, -0.05) is 24.3 Å². The second-order valence-corrected chi connectivity index (χ2v) is 11.3. The molecule has 3 aromatic rings. The molecule has 1 atom stereocenters. The number of amides is 5. The standard InChI is InChI=1S/C32H33N7O5/c1-19-15-20(5-6-21(19)18-37-11-13-38(14-12-37)22-9-10-34-25(16-22)29(33)41)17-35-24-4-2-3-23-28(24)32(44)39(31(23)43)26-7-8-27(40)36-30(26)42/h2-6,9-10,15-16,26,35H,7-8,11-14,17-18H2,1H3,(H2,33,41)(H,36,40,42). The molecule has 226 valence electrons. The van der Waals surface area contributed by atoms with Crippen LogP contribution in [0.15, 0.2) is 54.7 Å². The van der Waals surface area contributed by atoms with Crippen LogP contribution in [0.25, 0.3) is 0 Å². The number of hydrogen-bond acceptors (Lipinski definition) is 9. The van der Waals surface area contributed by atoms with Gasteiger partial charge in [-0.05, 0) is 54.3 Å². The number of fused-ring (bicyclic) bond motifs is 1. The van der Waals surface area contributed by atoms with Crippen molar-refractivity contribution in [2.75, 3.05) is 36.4 Å². The van der Waals surface area contributed by atoms with Crippen molar-refractivity contribution < 1.29 is 24.0 Å². The Hall–Kier alpha value is -5.10. The molecular weight excluding hydrogens is 562 g/mol. The molecule has 3 aliphatic rings. The second-order valence-electron chi connectivity index (χ2n) is 11.3. The molecule has 4 heterocycles. The summed E-state index contributed by atoms with van der Waals surface area (Å²) in [5.41, 5.74) is 11.0. The van der Waals surface area contributed by atoms with E-state index in [4.69, 9.17) is 5.73 Å². The molecule has 2 saturated heterocycles. The Morgan fingerprint density at radius 1 is 1.02 bits per heavy atom. The summed E-state index contributed by atoms with van der Waals surface area (Å²) in [6, 6.07) is 14.0. The van der Waals surface area contributed by atoms with E-state index in [1.165, 1.54) is 5.56 Å². The van der Waals surface area contributed by atoms with Gasteiger partial charge in [0, 0.05) is 63.3 Å². The van der Waals surface area contributed by atoms with Crippen molar-refractivity contribution >= 4 is 40.9 Å². The van der Waals surface area contributed by atoms with Gasteiger partial charge in [0.2, 0.25) is 11.8 Å². The number of primary amides is 1. The van der Waals surface area contributed by atoms with E-state index < -0.39 is 35.6 Å². The molecule has 44 heavy (non-hydrogen) atoms. The topological polar surface area (TPSA) is 158 Å². The van der Waals surface area contributed by atoms with Gasteiger partial charge < -0.3 is 16.0 Å². The predicted octanol–water partition coefficient (Wildman–Crippen LogP) is 1.82. The van der Waals surface area contributed by atoms with E-state index in [9.17, 15) is 24.0 Å². The van der Waals surface area contributed by atoms with E-state index in [2.05, 4.69) is 50.5 Å². The first-order valence-electron chi connectivity index (χ1n) is 14.6. The van der Waals surface area contributed by atoms with E-state index in [0.29, 0.717) is 12.2 Å². The number of piperazine rings is 1. The first-order chi connectivity index (χ1) is 21.2. The van der Waals surface area contributed by atoms with Crippen LogP contribution in [0.5, 0.6) is 0 Å². The number of imide groups is 2. The molecule has 1 unspecified atom stereocenters. The number of aryl methyl sites for hydroxylation is 1. The molecule has 12 nitrogen and oxygen atoms in total. The van der Waals surface area contributed by atoms with Crippen LogP contribution in [-0.2, 0) is 22.7 Å². The first-order valence-corrected chi connectivity index (χ1v) is 14.6. The molecule has 0 bridgehead atoms. The van der Waals surface area contributed by atoms with Gasteiger partial charge in [-0.3, -0.25) is 44.1 Å². The van der Waals surface area contributed by atoms with Gasteiger partial charge in [0.1, 0.15) is 11.7 Å². The average molecular weight is 596 g/mol. The fourth-order valence-corrected chi connectivity index (χ4v) is 6.06. The third kappa shape index (κ3) is 5.63. The third-order valence-corrected chi connectivity index (χ3v) is 8.49. The van der Waals surface area contributed by atoms with Crippen LogP contribution >= 0.6 is 0 Å². The predicted molar refractivity (Wildman–Crippen MR) is 162 cm³/mol. The SMILES string of the molecule is Cc1cc(CNc2cccc3c2C(=O)N(C2CCC(=O)NC2=O)C3=O)ccc1CN1CCN(c2ccnc(C(N)=O)c2)CC1. The number of hydrogen-bond donors (Lipinski definition) is 3. The van der Waals surface area contributed by atoms with Crippen LogP contribution in [0.3, 0.4) is 0 Å². The Bertz CT molecular complexity index is 1680. The Morgan fingerprint density at radius 3 is 2.55 bits per heavy atom. The summed E-state index contributed by atoms with van der Waals surface area (Å²) in [6.45, 7) is 6.74. The lowest BCUT2D eigenvalue weighted by atomic mass is 10.0. The summed E-state index contributed by atoms with van der Waals surface area (Å²) in [6.07, 6.45) is 1.80. The molecular formula is C32H33N7O5. The molecule has 12 heteroatoms. The Balaban J connectivity index is 1.07. The first kappa shape index (κ1) is 29.0. The zero-order valence-electron chi connectivity index (χ0n) is 24.3. The normalized spacial score (nSPS) is 18.8. The maximum atomic E-state index is 13.4. The molecule has 0 radical (unpaired) electrons. The van der Waals surface area contributed by atoms with Crippen molar-refractivity contribution in [1.82, 2.24) is 20.1 Å². The Labute approximate surface area is 254 Å². The molecule has 3 aliphatic heterocycles. The summed E-state index contributed by atoms with van der Waals surface area (Å²) in [5.74, 6) is -2.63. The molecule has 0 aliphatic carbocycles. The number of aromatic nitrogens is 1. The van der Waals surface area contributed by atoms with E-state index >= 15 is 0 Å². The molecule has 0 saturated carbocycles. The largest absolute Gasteiger partial charge is 0.380 e. The van der Waals surface area contributed by atoms with Gasteiger partial charge in [-0.15, -0.1) is 0 Å². The molecule has 4 N–H and O–H groups in total. The zero-order chi connectivity index (χ0) is 31.0. The monoisotopic (exact) mass is 595 g/mol. The van der Waals surface area contributed by atoms with Crippen molar-refractivity contribution in [3.05, 3.63) is 88.2 Å². The maximum Gasteiger partial charge on any atom is 0.267 e. The summed E-state index contributed by atoms with van der Waals surface area (Å²) >= 11 is 0. The maximum absolute atomic E-state index is 13.4. The molecule has 2 fully saturated rings. The number of benzene rings is 2. The van der Waals surface area contributed by atoms with Gasteiger partial charge in [-0.2, -0.15) is 0 Å². The lowest BCUT2D eigenvalue weighted by Crippen LogP contribution is -2.54. The molecule has 0 spiro atoms. The van der Waals surface area contributed by atoms with Gasteiger partial charge >= 0.3 is 0 Å². The minimum absolute atomic E-state index is 0.0746. The zero-order valence-corrected chi connectivity index (χ0v) is 24.3. The van der Waals surface area contributed by atoms with Crippen molar-refractivity contribution in [2.24, 2.45) is 5.73 Å². The number of nitrogens with one attached hydrogen (secondary N) is 2. The van der Waals surface area contributed by atoms with Crippen molar-refractivity contribution in [3.63, 3.8) is 0 Å². The summed E-state index contributed by atoms with van der Waals surface area (Å²) in [4.78, 5) is 71.6. The van der Waals surface area contributed by atoms with Gasteiger partial charge in [0.05, 0.1) is 11.1 Å². The van der Waals surface area contributed by atoms with Crippen LogP contribution in [0.1, 0.15) is 60.7 Å². The van der Waals surface area contributed by atoms with Crippen LogP contribution in [0.2, 0.25) is 0 Å². The number of nitrogens with two attached hydrogens (primary N) is 1. The van der Waals surface area contributed by atoms with Gasteiger partial charge in [0.15, 0.2) is 0 Å². The lowest BCUT2D eigenvalue weighted by molar-refractivity contribution is -0.136. The Kier molecular flexibility index (Phi) is 7.83. The highest BCUT2D eigenvalue weighted by atomic mass is 16.2. The highest BCUT2D eigenvalue weighted by Crippen LogP contribution is 2.32. The molecule has 6 rings (SSSR count). The fraction of sp³-hybridized carbons (Fsp3) is 0.312. The summed E-state index contributed by atoms with van der Waals surface area (Å²) < 4.78 is 0. The number of nitrogens with zero attached hydrogens (tertiary/aromatic N) is 4. The van der Waals surface area contributed by atoms with Crippen molar-refractivity contribution in [1.29, 1.82) is 0 Å². The quantitative estimate of drug-likeness (QED) is 0.330. The number of piperidine rings is 1. The number of pyridine rings is 1. The van der Waals surface area contributed by atoms with Crippen LogP contribution in [0.4, 0.5) is 11.4 Å².